The Morgan fingerprint density at radius 2 is 2.05 bits per heavy atom. The molecule has 0 saturated carbocycles. The van der Waals surface area contributed by atoms with E-state index in [4.69, 9.17) is 4.74 Å². The fourth-order valence-corrected chi connectivity index (χ4v) is 3.38. The number of ether oxygens (including phenoxy) is 1. The van der Waals surface area contributed by atoms with Crippen molar-refractivity contribution < 1.29 is 9.53 Å². The Hall–Kier alpha value is -0.880. The lowest BCUT2D eigenvalue weighted by Gasteiger charge is -2.26. The van der Waals surface area contributed by atoms with Crippen LogP contribution in [-0.2, 0) is 4.74 Å². The molecule has 1 amide bonds. The van der Waals surface area contributed by atoms with Gasteiger partial charge in [0, 0.05) is 25.8 Å². The molecule has 20 heavy (non-hydrogen) atoms. The van der Waals surface area contributed by atoms with Gasteiger partial charge in [0.2, 0.25) is 0 Å². The van der Waals surface area contributed by atoms with E-state index in [-0.39, 0.29) is 12.1 Å². The average Bonchev–Trinajstić information content (AvgIpc) is 2.90. The van der Waals surface area contributed by atoms with Gasteiger partial charge in [-0.3, -0.25) is 4.79 Å². The summed E-state index contributed by atoms with van der Waals surface area (Å²) in [5.41, 5.74) is 0.521. The zero-order valence-corrected chi connectivity index (χ0v) is 13.1. The van der Waals surface area contributed by atoms with Gasteiger partial charge in [0.1, 0.15) is 4.60 Å². The summed E-state index contributed by atoms with van der Waals surface area (Å²) >= 11 is 3.49. The van der Waals surface area contributed by atoms with E-state index in [1.807, 2.05) is 11.0 Å². The molecule has 6 heteroatoms. The maximum absolute atomic E-state index is 12.4. The lowest BCUT2D eigenvalue weighted by atomic mass is 10.1. The standard InChI is InChI=1S/C14H20BrN3O2/c15-12-10-11(14(19)17-7-3-1-4-8-17)16-18(12)13-6-2-5-9-20-13/h10,13H,1-9H2. The topological polar surface area (TPSA) is 47.4 Å². The van der Waals surface area contributed by atoms with E-state index in [2.05, 4.69) is 21.0 Å². The third kappa shape index (κ3) is 2.91. The second-order valence-corrected chi connectivity index (χ2v) is 6.28. The van der Waals surface area contributed by atoms with Crippen molar-refractivity contribution in [1.82, 2.24) is 14.7 Å². The van der Waals surface area contributed by atoms with Crippen LogP contribution in [0.5, 0.6) is 0 Å². The van der Waals surface area contributed by atoms with E-state index in [9.17, 15) is 4.79 Å². The Balaban J connectivity index is 1.75. The SMILES string of the molecule is O=C(c1cc(Br)n(C2CCCCO2)n1)N1CCCCC1. The molecule has 0 aromatic carbocycles. The molecule has 0 spiro atoms. The van der Waals surface area contributed by atoms with Gasteiger partial charge >= 0.3 is 0 Å². The molecule has 2 saturated heterocycles. The molecule has 110 valence electrons. The fourth-order valence-electron chi connectivity index (χ4n) is 2.85. The van der Waals surface area contributed by atoms with Crippen molar-refractivity contribution in [3.05, 3.63) is 16.4 Å². The Bertz CT molecular complexity index is 477. The Morgan fingerprint density at radius 1 is 1.25 bits per heavy atom. The van der Waals surface area contributed by atoms with Crippen molar-refractivity contribution in [2.24, 2.45) is 0 Å². The molecule has 1 atom stereocenters. The third-order valence-corrected chi connectivity index (χ3v) is 4.57. The predicted octanol–water partition coefficient (Wildman–Crippen LogP) is 2.97. The minimum absolute atomic E-state index is 0.0407. The van der Waals surface area contributed by atoms with Crippen LogP contribution in [-0.4, -0.2) is 40.3 Å². The van der Waals surface area contributed by atoms with Crippen LogP contribution in [0.4, 0.5) is 0 Å². The van der Waals surface area contributed by atoms with Crippen LogP contribution in [0.1, 0.15) is 55.2 Å². The number of hydrogen-bond donors (Lipinski definition) is 0. The Labute approximate surface area is 127 Å². The smallest absolute Gasteiger partial charge is 0.274 e. The van der Waals surface area contributed by atoms with Gasteiger partial charge in [-0.05, 0) is 54.5 Å². The normalized spacial score (nSPS) is 23.9. The van der Waals surface area contributed by atoms with Crippen molar-refractivity contribution in [3.8, 4) is 0 Å². The summed E-state index contributed by atoms with van der Waals surface area (Å²) in [6.07, 6.45) is 6.58. The largest absolute Gasteiger partial charge is 0.356 e. The molecule has 0 aliphatic carbocycles. The van der Waals surface area contributed by atoms with Crippen LogP contribution in [0.25, 0.3) is 0 Å². The summed E-state index contributed by atoms with van der Waals surface area (Å²) in [6, 6.07) is 1.81. The number of hydrogen-bond acceptors (Lipinski definition) is 3. The average molecular weight is 342 g/mol. The van der Waals surface area contributed by atoms with Crippen LogP contribution < -0.4 is 0 Å². The fraction of sp³-hybridized carbons (Fsp3) is 0.714. The molecule has 0 radical (unpaired) electrons. The highest BCUT2D eigenvalue weighted by Crippen LogP contribution is 2.26. The molecular formula is C14H20BrN3O2. The van der Waals surface area contributed by atoms with Crippen LogP contribution in [0, 0.1) is 0 Å². The monoisotopic (exact) mass is 341 g/mol. The molecule has 3 heterocycles. The highest BCUT2D eigenvalue weighted by molar-refractivity contribution is 9.10. The minimum Gasteiger partial charge on any atom is -0.356 e. The molecule has 2 fully saturated rings. The molecule has 0 N–H and O–H groups in total. The summed E-state index contributed by atoms with van der Waals surface area (Å²) in [4.78, 5) is 14.3. The molecule has 1 unspecified atom stereocenters. The van der Waals surface area contributed by atoms with E-state index >= 15 is 0 Å². The van der Waals surface area contributed by atoms with Gasteiger partial charge in [-0.15, -0.1) is 0 Å². The van der Waals surface area contributed by atoms with Crippen molar-refractivity contribution in [2.75, 3.05) is 19.7 Å². The molecule has 1 aromatic heterocycles. The molecule has 0 bridgehead atoms. The second-order valence-electron chi connectivity index (χ2n) is 5.47. The number of likely N-dealkylation sites (tertiary alicyclic amines) is 1. The zero-order valence-electron chi connectivity index (χ0n) is 11.6. The van der Waals surface area contributed by atoms with Gasteiger partial charge in [-0.25, -0.2) is 4.68 Å². The van der Waals surface area contributed by atoms with Gasteiger partial charge in [0.15, 0.2) is 11.9 Å². The lowest BCUT2D eigenvalue weighted by molar-refractivity contribution is -0.0410. The molecular weight excluding hydrogens is 322 g/mol. The predicted molar refractivity (Wildman–Crippen MR) is 78.5 cm³/mol. The van der Waals surface area contributed by atoms with Gasteiger partial charge in [-0.2, -0.15) is 5.10 Å². The van der Waals surface area contributed by atoms with Crippen molar-refractivity contribution in [3.63, 3.8) is 0 Å². The quantitative estimate of drug-likeness (QED) is 0.830. The number of carbonyl (C=O) groups excluding carboxylic acids is 1. The number of piperidine rings is 1. The Kier molecular flexibility index (Phi) is 4.41. The lowest BCUT2D eigenvalue weighted by Crippen LogP contribution is -2.36. The van der Waals surface area contributed by atoms with Crippen LogP contribution >= 0.6 is 15.9 Å². The van der Waals surface area contributed by atoms with Gasteiger partial charge in [0.25, 0.3) is 5.91 Å². The maximum atomic E-state index is 12.4. The molecule has 3 rings (SSSR count). The third-order valence-electron chi connectivity index (χ3n) is 3.98. The van der Waals surface area contributed by atoms with Crippen molar-refractivity contribution in [1.29, 1.82) is 0 Å². The molecule has 2 aliphatic heterocycles. The minimum atomic E-state index is -0.0407. The summed E-state index contributed by atoms with van der Waals surface area (Å²) < 4.78 is 8.35. The van der Waals surface area contributed by atoms with Crippen LogP contribution in [0.2, 0.25) is 0 Å². The van der Waals surface area contributed by atoms with Crippen LogP contribution in [0.15, 0.2) is 10.7 Å². The first kappa shape index (κ1) is 14.1. The summed E-state index contributed by atoms with van der Waals surface area (Å²) in [6.45, 7) is 2.47. The van der Waals surface area contributed by atoms with Gasteiger partial charge in [-0.1, -0.05) is 0 Å². The molecule has 1 aromatic rings. The van der Waals surface area contributed by atoms with Crippen LogP contribution in [0.3, 0.4) is 0 Å². The zero-order chi connectivity index (χ0) is 13.9. The first-order valence-electron chi connectivity index (χ1n) is 7.41. The van der Waals surface area contributed by atoms with E-state index < -0.39 is 0 Å². The van der Waals surface area contributed by atoms with E-state index in [1.165, 1.54) is 6.42 Å². The Morgan fingerprint density at radius 3 is 2.75 bits per heavy atom. The number of carbonyl (C=O) groups is 1. The summed E-state index contributed by atoms with van der Waals surface area (Å²) in [7, 11) is 0. The van der Waals surface area contributed by atoms with Gasteiger partial charge < -0.3 is 9.64 Å². The first-order chi connectivity index (χ1) is 9.75. The van der Waals surface area contributed by atoms with E-state index in [1.54, 1.807) is 4.68 Å². The maximum Gasteiger partial charge on any atom is 0.274 e. The number of aromatic nitrogens is 2. The van der Waals surface area contributed by atoms with Crippen molar-refractivity contribution in [2.45, 2.75) is 44.8 Å². The highest BCUT2D eigenvalue weighted by atomic mass is 79.9. The molecule has 5 nitrogen and oxygen atoms in total. The molecule has 2 aliphatic rings. The second kappa shape index (κ2) is 6.26. The van der Waals surface area contributed by atoms with Crippen molar-refractivity contribution >= 4 is 21.8 Å². The summed E-state index contributed by atoms with van der Waals surface area (Å²) in [5, 5.41) is 4.46. The number of amides is 1. The van der Waals surface area contributed by atoms with E-state index in [0.717, 1.165) is 56.4 Å². The number of halogens is 1. The van der Waals surface area contributed by atoms with Gasteiger partial charge in [0.05, 0.1) is 0 Å². The highest BCUT2D eigenvalue weighted by Gasteiger charge is 2.25. The number of nitrogens with zero attached hydrogens (tertiary/aromatic N) is 3. The first-order valence-corrected chi connectivity index (χ1v) is 8.21. The number of rotatable bonds is 2. The summed E-state index contributed by atoms with van der Waals surface area (Å²) in [5.74, 6) is 0.0416. The van der Waals surface area contributed by atoms with E-state index in [0.29, 0.717) is 5.69 Å².